The van der Waals surface area contributed by atoms with E-state index in [4.69, 9.17) is 5.26 Å². The van der Waals surface area contributed by atoms with Crippen molar-refractivity contribution in [3.8, 4) is 6.07 Å². The highest BCUT2D eigenvalue weighted by Crippen LogP contribution is 2.19. The van der Waals surface area contributed by atoms with Crippen LogP contribution in [0.2, 0.25) is 0 Å². The molecule has 1 aromatic rings. The standard InChI is InChI=1S/C14H17N3O/c15-8-11-17-9-6-12(7-10-17)14(18)16-13-4-2-1-3-5-13/h1-5,12H,6-7,9-11H2,(H,16,18). The molecule has 1 aliphatic heterocycles. The topological polar surface area (TPSA) is 56.1 Å². The van der Waals surface area contributed by atoms with Gasteiger partial charge in [-0.25, -0.2) is 0 Å². The van der Waals surface area contributed by atoms with Crippen LogP contribution in [0, 0.1) is 17.2 Å². The first-order valence-electron chi connectivity index (χ1n) is 6.25. The molecule has 0 radical (unpaired) electrons. The number of likely N-dealkylation sites (tertiary alicyclic amines) is 1. The van der Waals surface area contributed by atoms with Crippen LogP contribution in [-0.4, -0.2) is 30.4 Å². The maximum atomic E-state index is 12.0. The van der Waals surface area contributed by atoms with E-state index < -0.39 is 0 Å². The number of hydrogen-bond donors (Lipinski definition) is 1. The number of para-hydroxylation sites is 1. The first-order valence-corrected chi connectivity index (χ1v) is 6.25. The Labute approximate surface area is 107 Å². The molecule has 1 fully saturated rings. The van der Waals surface area contributed by atoms with Crippen molar-refractivity contribution >= 4 is 11.6 Å². The molecule has 1 heterocycles. The zero-order valence-corrected chi connectivity index (χ0v) is 10.3. The number of carbonyl (C=O) groups is 1. The zero-order chi connectivity index (χ0) is 12.8. The van der Waals surface area contributed by atoms with Crippen LogP contribution in [0.5, 0.6) is 0 Å². The summed E-state index contributed by atoms with van der Waals surface area (Å²) in [6.45, 7) is 2.13. The van der Waals surface area contributed by atoms with Crippen molar-refractivity contribution in [2.45, 2.75) is 12.8 Å². The van der Waals surface area contributed by atoms with Crippen LogP contribution >= 0.6 is 0 Å². The largest absolute Gasteiger partial charge is 0.326 e. The van der Waals surface area contributed by atoms with Crippen LogP contribution in [-0.2, 0) is 4.79 Å². The maximum absolute atomic E-state index is 12.0. The summed E-state index contributed by atoms with van der Waals surface area (Å²) in [5.74, 6) is 0.165. The van der Waals surface area contributed by atoms with Gasteiger partial charge in [0, 0.05) is 11.6 Å². The summed E-state index contributed by atoms with van der Waals surface area (Å²) >= 11 is 0. The van der Waals surface area contributed by atoms with Gasteiger partial charge in [0.2, 0.25) is 5.91 Å². The predicted octanol–water partition coefficient (Wildman–Crippen LogP) is 1.86. The minimum absolute atomic E-state index is 0.0696. The van der Waals surface area contributed by atoms with Crippen molar-refractivity contribution in [3.05, 3.63) is 30.3 Å². The molecule has 0 saturated carbocycles. The third-order valence-electron chi connectivity index (χ3n) is 3.29. The summed E-state index contributed by atoms with van der Waals surface area (Å²) in [5, 5.41) is 11.6. The minimum atomic E-state index is 0.0696. The van der Waals surface area contributed by atoms with E-state index in [9.17, 15) is 4.79 Å². The van der Waals surface area contributed by atoms with E-state index in [1.807, 2.05) is 30.3 Å². The SMILES string of the molecule is N#CCN1CCC(C(=O)Nc2ccccc2)CC1. The Morgan fingerprint density at radius 2 is 2.00 bits per heavy atom. The normalized spacial score (nSPS) is 17.1. The molecule has 1 amide bonds. The van der Waals surface area contributed by atoms with Crippen molar-refractivity contribution in [3.63, 3.8) is 0 Å². The fraction of sp³-hybridized carbons (Fsp3) is 0.429. The average molecular weight is 243 g/mol. The van der Waals surface area contributed by atoms with Gasteiger partial charge in [0.15, 0.2) is 0 Å². The molecule has 0 unspecified atom stereocenters. The highest BCUT2D eigenvalue weighted by atomic mass is 16.1. The summed E-state index contributed by atoms with van der Waals surface area (Å²) < 4.78 is 0. The van der Waals surface area contributed by atoms with Crippen LogP contribution in [0.4, 0.5) is 5.69 Å². The fourth-order valence-electron chi connectivity index (χ4n) is 2.22. The minimum Gasteiger partial charge on any atom is -0.326 e. The van der Waals surface area contributed by atoms with E-state index in [0.717, 1.165) is 31.6 Å². The monoisotopic (exact) mass is 243 g/mol. The number of amides is 1. The second-order valence-electron chi connectivity index (χ2n) is 4.56. The number of hydrogen-bond acceptors (Lipinski definition) is 3. The van der Waals surface area contributed by atoms with Crippen LogP contribution in [0.15, 0.2) is 30.3 Å². The second kappa shape index (κ2) is 6.18. The Bertz CT molecular complexity index is 430. The lowest BCUT2D eigenvalue weighted by Crippen LogP contribution is -2.38. The summed E-state index contributed by atoms with van der Waals surface area (Å²) in [5.41, 5.74) is 0.849. The molecule has 18 heavy (non-hydrogen) atoms. The maximum Gasteiger partial charge on any atom is 0.227 e. The molecule has 94 valence electrons. The van der Waals surface area contributed by atoms with Crippen molar-refractivity contribution in [1.29, 1.82) is 5.26 Å². The fourth-order valence-corrected chi connectivity index (χ4v) is 2.22. The third kappa shape index (κ3) is 3.31. The van der Waals surface area contributed by atoms with Crippen molar-refractivity contribution < 1.29 is 4.79 Å². The van der Waals surface area contributed by atoms with Crippen molar-refractivity contribution in [2.24, 2.45) is 5.92 Å². The molecule has 0 aromatic heterocycles. The van der Waals surface area contributed by atoms with Crippen molar-refractivity contribution in [1.82, 2.24) is 4.90 Å². The van der Waals surface area contributed by atoms with Gasteiger partial charge >= 0.3 is 0 Å². The van der Waals surface area contributed by atoms with Crippen LogP contribution in [0.25, 0.3) is 0 Å². The van der Waals surface area contributed by atoms with Crippen molar-refractivity contribution in [2.75, 3.05) is 25.0 Å². The molecule has 0 aliphatic carbocycles. The molecule has 1 N–H and O–H groups in total. The van der Waals surface area contributed by atoms with Crippen LogP contribution < -0.4 is 5.32 Å². The van der Waals surface area contributed by atoms with E-state index >= 15 is 0 Å². The van der Waals surface area contributed by atoms with E-state index in [-0.39, 0.29) is 11.8 Å². The van der Waals surface area contributed by atoms with Gasteiger partial charge in [-0.1, -0.05) is 18.2 Å². The lowest BCUT2D eigenvalue weighted by molar-refractivity contribution is -0.121. The molecule has 4 heteroatoms. The van der Waals surface area contributed by atoms with Gasteiger partial charge in [0.05, 0.1) is 12.6 Å². The smallest absolute Gasteiger partial charge is 0.227 e. The molecule has 1 aromatic carbocycles. The number of nitriles is 1. The number of nitrogens with zero attached hydrogens (tertiary/aromatic N) is 2. The molecule has 2 rings (SSSR count). The quantitative estimate of drug-likeness (QED) is 0.824. The Hall–Kier alpha value is -1.86. The molecular weight excluding hydrogens is 226 g/mol. The first-order chi connectivity index (χ1) is 8.79. The van der Waals surface area contributed by atoms with Crippen LogP contribution in [0.1, 0.15) is 12.8 Å². The molecule has 0 atom stereocenters. The summed E-state index contributed by atoms with van der Waals surface area (Å²) in [7, 11) is 0. The first kappa shape index (κ1) is 12.6. The lowest BCUT2D eigenvalue weighted by atomic mass is 9.96. The molecular formula is C14H17N3O. The number of benzene rings is 1. The Morgan fingerprint density at radius 3 is 2.61 bits per heavy atom. The Morgan fingerprint density at radius 1 is 1.33 bits per heavy atom. The van der Waals surface area contributed by atoms with Gasteiger partial charge in [-0.3, -0.25) is 9.69 Å². The number of piperidine rings is 1. The van der Waals surface area contributed by atoms with Gasteiger partial charge in [0.1, 0.15) is 0 Å². The third-order valence-corrected chi connectivity index (χ3v) is 3.29. The second-order valence-corrected chi connectivity index (χ2v) is 4.56. The number of nitrogens with one attached hydrogen (secondary N) is 1. The highest BCUT2D eigenvalue weighted by molar-refractivity contribution is 5.92. The van der Waals surface area contributed by atoms with Gasteiger partial charge in [-0.2, -0.15) is 5.26 Å². The van der Waals surface area contributed by atoms with Gasteiger partial charge in [0.25, 0.3) is 0 Å². The molecule has 4 nitrogen and oxygen atoms in total. The zero-order valence-electron chi connectivity index (χ0n) is 10.3. The molecule has 1 saturated heterocycles. The summed E-state index contributed by atoms with van der Waals surface area (Å²) in [6.07, 6.45) is 1.67. The molecule has 0 spiro atoms. The van der Waals surface area contributed by atoms with E-state index in [1.54, 1.807) is 0 Å². The van der Waals surface area contributed by atoms with E-state index in [1.165, 1.54) is 0 Å². The number of carbonyl (C=O) groups excluding carboxylic acids is 1. The van der Waals surface area contributed by atoms with Crippen LogP contribution in [0.3, 0.4) is 0 Å². The molecule has 0 bridgehead atoms. The van der Waals surface area contributed by atoms with Gasteiger partial charge in [-0.15, -0.1) is 0 Å². The van der Waals surface area contributed by atoms with Gasteiger partial charge < -0.3 is 5.32 Å². The number of rotatable bonds is 3. The summed E-state index contributed by atoms with van der Waals surface area (Å²) in [6, 6.07) is 11.7. The Kier molecular flexibility index (Phi) is 4.32. The van der Waals surface area contributed by atoms with Gasteiger partial charge in [-0.05, 0) is 38.1 Å². The Balaban J connectivity index is 1.83. The lowest BCUT2D eigenvalue weighted by Gasteiger charge is -2.29. The summed E-state index contributed by atoms with van der Waals surface area (Å²) in [4.78, 5) is 14.1. The highest BCUT2D eigenvalue weighted by Gasteiger charge is 2.24. The van der Waals surface area contributed by atoms with E-state index in [2.05, 4.69) is 16.3 Å². The molecule has 1 aliphatic rings. The number of anilines is 1. The predicted molar refractivity (Wildman–Crippen MR) is 69.8 cm³/mol. The average Bonchev–Trinajstić information content (AvgIpc) is 2.41. The van der Waals surface area contributed by atoms with E-state index in [0.29, 0.717) is 6.54 Å².